The molecule has 2 aromatic heterocycles. The van der Waals surface area contributed by atoms with Gasteiger partial charge >= 0.3 is 5.56 Å². The molecule has 0 aliphatic carbocycles. The molecule has 2 heterocycles. The van der Waals surface area contributed by atoms with Crippen LogP contribution >= 0.6 is 0 Å². The van der Waals surface area contributed by atoms with Crippen molar-refractivity contribution in [3.8, 4) is 0 Å². The van der Waals surface area contributed by atoms with E-state index in [1.54, 1.807) is 7.05 Å². The molecule has 0 spiro atoms. The van der Waals surface area contributed by atoms with Crippen LogP contribution in [0.1, 0.15) is 0 Å². The standard InChI is InChI=1S/C7H7N5O2/c1-12-5-4(6(14)11-7(12)8)10-3(13)2-9-5/h2H,1H3,(H,10,13)(H2,8,11,14). The Balaban J connectivity index is 3.10. The van der Waals surface area contributed by atoms with Crippen LogP contribution in [0.5, 0.6) is 0 Å². The number of rotatable bonds is 0. The van der Waals surface area contributed by atoms with Gasteiger partial charge in [-0.25, -0.2) is 4.98 Å². The highest BCUT2D eigenvalue weighted by Gasteiger charge is 2.06. The summed E-state index contributed by atoms with van der Waals surface area (Å²) >= 11 is 0. The number of H-pyrrole nitrogens is 1. The average molecular weight is 193 g/mol. The number of hydrogen-bond donors (Lipinski definition) is 2. The summed E-state index contributed by atoms with van der Waals surface area (Å²) in [6, 6.07) is 0. The maximum absolute atomic E-state index is 11.3. The first kappa shape index (κ1) is 8.42. The number of aromatic amines is 1. The Kier molecular flexibility index (Phi) is 1.60. The highest BCUT2D eigenvalue weighted by Crippen LogP contribution is 2.02. The van der Waals surface area contributed by atoms with Gasteiger partial charge in [0.25, 0.3) is 5.56 Å². The molecule has 0 saturated heterocycles. The summed E-state index contributed by atoms with van der Waals surface area (Å²) in [5.41, 5.74) is 4.79. The Morgan fingerprint density at radius 3 is 2.93 bits per heavy atom. The van der Waals surface area contributed by atoms with Crippen LogP contribution in [0.15, 0.2) is 15.8 Å². The van der Waals surface area contributed by atoms with E-state index < -0.39 is 11.1 Å². The fraction of sp³-hybridized carbons (Fsp3) is 0.143. The van der Waals surface area contributed by atoms with Crippen LogP contribution in [-0.2, 0) is 7.05 Å². The van der Waals surface area contributed by atoms with Crippen molar-refractivity contribution in [3.63, 3.8) is 0 Å². The highest BCUT2D eigenvalue weighted by molar-refractivity contribution is 5.69. The maximum Gasteiger partial charge on any atom is 0.300 e. The van der Waals surface area contributed by atoms with Crippen LogP contribution in [0.3, 0.4) is 0 Å². The minimum Gasteiger partial charge on any atom is -0.369 e. The molecular formula is C7H7N5O2. The van der Waals surface area contributed by atoms with Gasteiger partial charge in [-0.2, -0.15) is 4.98 Å². The van der Waals surface area contributed by atoms with Crippen molar-refractivity contribution in [2.24, 2.45) is 7.05 Å². The van der Waals surface area contributed by atoms with Crippen molar-refractivity contribution in [3.05, 3.63) is 26.9 Å². The Labute approximate surface area is 77.2 Å². The van der Waals surface area contributed by atoms with E-state index in [-0.39, 0.29) is 11.5 Å². The molecule has 0 bridgehead atoms. The summed E-state index contributed by atoms with van der Waals surface area (Å²) in [6.07, 6.45) is 1.08. The molecule has 0 aliphatic rings. The number of nitrogen functional groups attached to an aromatic ring is 1. The van der Waals surface area contributed by atoms with Gasteiger partial charge in [0, 0.05) is 7.05 Å². The molecule has 0 radical (unpaired) electrons. The molecule has 0 atom stereocenters. The van der Waals surface area contributed by atoms with Gasteiger partial charge in [-0.3, -0.25) is 14.2 Å². The summed E-state index contributed by atoms with van der Waals surface area (Å²) in [5, 5.41) is 0. The molecule has 0 saturated carbocycles. The zero-order valence-electron chi connectivity index (χ0n) is 7.31. The summed E-state index contributed by atoms with van der Waals surface area (Å²) in [6.45, 7) is 0. The lowest BCUT2D eigenvalue weighted by Crippen LogP contribution is -2.21. The summed E-state index contributed by atoms with van der Waals surface area (Å²) < 4.78 is 1.42. The maximum atomic E-state index is 11.3. The second-order valence-electron chi connectivity index (χ2n) is 2.78. The van der Waals surface area contributed by atoms with E-state index >= 15 is 0 Å². The normalized spacial score (nSPS) is 10.6. The fourth-order valence-electron chi connectivity index (χ4n) is 1.14. The zero-order valence-corrected chi connectivity index (χ0v) is 7.31. The molecule has 14 heavy (non-hydrogen) atoms. The molecule has 7 nitrogen and oxygen atoms in total. The summed E-state index contributed by atoms with van der Waals surface area (Å²) in [4.78, 5) is 31.9. The topological polar surface area (TPSA) is 107 Å². The minimum absolute atomic E-state index is 0.0575. The SMILES string of the molecule is Cn1c(N)nc(=O)c2[nH]c(=O)cnc21. The summed E-state index contributed by atoms with van der Waals surface area (Å²) in [7, 11) is 1.61. The van der Waals surface area contributed by atoms with Crippen LogP contribution in [0.25, 0.3) is 11.2 Å². The van der Waals surface area contributed by atoms with Crippen molar-refractivity contribution in [2.75, 3.05) is 5.73 Å². The Bertz CT molecular complexity index is 611. The lowest BCUT2D eigenvalue weighted by atomic mass is 10.5. The third kappa shape index (κ3) is 1.06. The third-order valence-electron chi connectivity index (χ3n) is 1.87. The molecular weight excluding hydrogens is 186 g/mol. The number of nitrogens with zero attached hydrogens (tertiary/aromatic N) is 3. The second kappa shape index (κ2) is 2.66. The van der Waals surface area contributed by atoms with Gasteiger partial charge in [0.05, 0.1) is 6.20 Å². The van der Waals surface area contributed by atoms with Gasteiger partial charge in [0.15, 0.2) is 11.2 Å². The van der Waals surface area contributed by atoms with Gasteiger partial charge in [0.2, 0.25) is 5.95 Å². The third-order valence-corrected chi connectivity index (χ3v) is 1.87. The van der Waals surface area contributed by atoms with E-state index in [9.17, 15) is 9.59 Å². The van der Waals surface area contributed by atoms with Crippen LogP contribution in [0.2, 0.25) is 0 Å². The largest absolute Gasteiger partial charge is 0.369 e. The Hall–Kier alpha value is -2.18. The molecule has 3 N–H and O–H groups in total. The molecule has 0 aromatic carbocycles. The molecule has 0 aliphatic heterocycles. The van der Waals surface area contributed by atoms with E-state index in [4.69, 9.17) is 5.73 Å². The van der Waals surface area contributed by atoms with Crippen molar-refractivity contribution in [1.29, 1.82) is 0 Å². The van der Waals surface area contributed by atoms with Crippen LogP contribution in [0.4, 0.5) is 5.95 Å². The van der Waals surface area contributed by atoms with E-state index in [2.05, 4.69) is 15.0 Å². The predicted octanol–water partition coefficient (Wildman–Crippen LogP) is -1.40. The van der Waals surface area contributed by atoms with Gasteiger partial charge in [-0.15, -0.1) is 0 Å². The number of nitrogens with two attached hydrogens (primary N) is 1. The van der Waals surface area contributed by atoms with Crippen molar-refractivity contribution >= 4 is 17.1 Å². The van der Waals surface area contributed by atoms with E-state index in [1.807, 2.05) is 0 Å². The quantitative estimate of drug-likeness (QED) is 0.535. The van der Waals surface area contributed by atoms with Gasteiger partial charge < -0.3 is 10.7 Å². The Morgan fingerprint density at radius 1 is 1.50 bits per heavy atom. The lowest BCUT2D eigenvalue weighted by molar-refractivity contribution is 0.893. The van der Waals surface area contributed by atoms with Crippen LogP contribution < -0.4 is 16.9 Å². The molecule has 0 amide bonds. The number of aryl methyl sites for hydroxylation is 1. The second-order valence-corrected chi connectivity index (χ2v) is 2.78. The van der Waals surface area contributed by atoms with E-state index in [0.29, 0.717) is 5.65 Å². The van der Waals surface area contributed by atoms with Crippen molar-refractivity contribution in [2.45, 2.75) is 0 Å². The smallest absolute Gasteiger partial charge is 0.300 e. The van der Waals surface area contributed by atoms with Gasteiger partial charge in [-0.05, 0) is 0 Å². The molecule has 2 aromatic rings. The van der Waals surface area contributed by atoms with Crippen molar-refractivity contribution in [1.82, 2.24) is 19.5 Å². The van der Waals surface area contributed by atoms with E-state index in [1.165, 1.54) is 4.57 Å². The molecule has 2 rings (SSSR count). The predicted molar refractivity (Wildman–Crippen MR) is 49.8 cm³/mol. The number of hydrogen-bond acceptors (Lipinski definition) is 5. The first-order valence-corrected chi connectivity index (χ1v) is 3.81. The Morgan fingerprint density at radius 2 is 2.21 bits per heavy atom. The fourth-order valence-corrected chi connectivity index (χ4v) is 1.14. The number of anilines is 1. The number of nitrogens with one attached hydrogen (secondary N) is 1. The zero-order chi connectivity index (χ0) is 10.3. The first-order valence-electron chi connectivity index (χ1n) is 3.81. The van der Waals surface area contributed by atoms with Crippen LogP contribution in [-0.4, -0.2) is 19.5 Å². The number of fused-ring (bicyclic) bond motifs is 1. The van der Waals surface area contributed by atoms with Crippen molar-refractivity contribution < 1.29 is 0 Å². The molecule has 0 fully saturated rings. The monoisotopic (exact) mass is 193 g/mol. The van der Waals surface area contributed by atoms with E-state index in [0.717, 1.165) is 6.20 Å². The van der Waals surface area contributed by atoms with Gasteiger partial charge in [0.1, 0.15) is 0 Å². The van der Waals surface area contributed by atoms with Gasteiger partial charge in [-0.1, -0.05) is 0 Å². The highest BCUT2D eigenvalue weighted by atomic mass is 16.1. The molecule has 72 valence electrons. The lowest BCUT2D eigenvalue weighted by Gasteiger charge is -2.04. The average Bonchev–Trinajstić information content (AvgIpc) is 2.14. The molecule has 7 heteroatoms. The first-order chi connectivity index (χ1) is 6.59. The van der Waals surface area contributed by atoms with Crippen LogP contribution in [0, 0.1) is 0 Å². The molecule has 0 unspecified atom stereocenters. The number of aromatic nitrogens is 4. The summed E-state index contributed by atoms with van der Waals surface area (Å²) in [5.74, 6) is 0.0575. The minimum atomic E-state index is -0.583.